The van der Waals surface area contributed by atoms with Crippen LogP contribution in [0.1, 0.15) is 0 Å². The molecule has 16 heavy (non-hydrogen) atoms. The number of aromatic nitrogens is 2. The van der Waals surface area contributed by atoms with Crippen LogP contribution in [0.15, 0.2) is 11.1 Å². The predicted molar refractivity (Wildman–Crippen MR) is 65.6 cm³/mol. The van der Waals surface area contributed by atoms with Gasteiger partial charge in [-0.25, -0.2) is 4.98 Å². The lowest BCUT2D eigenvalue weighted by molar-refractivity contribution is 0.0568. The highest BCUT2D eigenvalue weighted by molar-refractivity contribution is 9.09. The van der Waals surface area contributed by atoms with E-state index in [9.17, 15) is 4.79 Å². The highest BCUT2D eigenvalue weighted by Gasteiger charge is 2.22. The van der Waals surface area contributed by atoms with E-state index in [1.165, 1.54) is 6.33 Å². The van der Waals surface area contributed by atoms with Gasteiger partial charge in [-0.15, -0.1) is 0 Å². The molecule has 0 aliphatic carbocycles. The van der Waals surface area contributed by atoms with Crippen LogP contribution in [0.5, 0.6) is 0 Å². The summed E-state index contributed by atoms with van der Waals surface area (Å²) in [4.78, 5) is 19.8. The molecule has 0 radical (unpaired) electrons. The molecule has 1 N–H and O–H groups in total. The van der Waals surface area contributed by atoms with Gasteiger partial charge in [-0.3, -0.25) is 4.79 Å². The zero-order chi connectivity index (χ0) is 11.5. The van der Waals surface area contributed by atoms with E-state index >= 15 is 0 Å². The standard InChI is InChI=1S/C9H11BrClN3O2/c10-3-6-4-14(1-2-16-6)8-7(11)9(15)13-5-12-8/h5-6H,1-4H2,(H,12,13,15). The van der Waals surface area contributed by atoms with Crippen LogP contribution in [-0.2, 0) is 4.74 Å². The highest BCUT2D eigenvalue weighted by atomic mass is 79.9. The summed E-state index contributed by atoms with van der Waals surface area (Å²) in [7, 11) is 0. The summed E-state index contributed by atoms with van der Waals surface area (Å²) in [5.74, 6) is 0.527. The van der Waals surface area contributed by atoms with Gasteiger partial charge in [0.05, 0.1) is 19.0 Å². The van der Waals surface area contributed by atoms with Gasteiger partial charge in [0.1, 0.15) is 5.02 Å². The third-order valence-corrected chi connectivity index (χ3v) is 3.45. The summed E-state index contributed by atoms with van der Waals surface area (Å²) in [6, 6.07) is 0. The zero-order valence-electron chi connectivity index (χ0n) is 8.45. The quantitative estimate of drug-likeness (QED) is 0.829. The average Bonchev–Trinajstić information content (AvgIpc) is 2.33. The van der Waals surface area contributed by atoms with Crippen molar-refractivity contribution in [2.75, 3.05) is 29.9 Å². The van der Waals surface area contributed by atoms with Crippen molar-refractivity contribution in [3.8, 4) is 0 Å². The van der Waals surface area contributed by atoms with Gasteiger partial charge in [-0.1, -0.05) is 27.5 Å². The Balaban J connectivity index is 2.23. The van der Waals surface area contributed by atoms with Crippen LogP contribution in [0.3, 0.4) is 0 Å². The second-order valence-electron chi connectivity index (χ2n) is 3.46. The van der Waals surface area contributed by atoms with E-state index in [1.54, 1.807) is 0 Å². The normalized spacial score (nSPS) is 21.1. The third kappa shape index (κ3) is 2.39. The molecule has 1 fully saturated rings. The van der Waals surface area contributed by atoms with Gasteiger partial charge in [-0.2, -0.15) is 0 Å². The maximum atomic E-state index is 11.3. The van der Waals surface area contributed by atoms with Crippen LogP contribution < -0.4 is 10.5 Å². The Labute approximate surface area is 106 Å². The van der Waals surface area contributed by atoms with E-state index in [4.69, 9.17) is 16.3 Å². The number of anilines is 1. The number of ether oxygens (including phenoxy) is 1. The fraction of sp³-hybridized carbons (Fsp3) is 0.556. The monoisotopic (exact) mass is 307 g/mol. The molecule has 2 rings (SSSR count). The first-order chi connectivity index (χ1) is 7.72. The Morgan fingerprint density at radius 1 is 1.75 bits per heavy atom. The Kier molecular flexibility index (Phi) is 3.83. The number of nitrogens with zero attached hydrogens (tertiary/aromatic N) is 2. The van der Waals surface area contributed by atoms with E-state index in [0.717, 1.165) is 5.33 Å². The maximum Gasteiger partial charge on any atom is 0.271 e. The topological polar surface area (TPSA) is 58.2 Å². The SMILES string of the molecule is O=c1[nH]cnc(N2CCOC(CBr)C2)c1Cl. The zero-order valence-corrected chi connectivity index (χ0v) is 10.8. The molecule has 7 heteroatoms. The number of rotatable bonds is 2. The Morgan fingerprint density at radius 3 is 3.31 bits per heavy atom. The molecule has 1 saturated heterocycles. The lowest BCUT2D eigenvalue weighted by atomic mass is 10.3. The Hall–Kier alpha value is -0.590. The number of H-pyrrole nitrogens is 1. The number of nitrogens with one attached hydrogen (secondary N) is 1. The fourth-order valence-electron chi connectivity index (χ4n) is 1.60. The summed E-state index contributed by atoms with van der Waals surface area (Å²) in [6.45, 7) is 1.99. The number of aromatic amines is 1. The summed E-state index contributed by atoms with van der Waals surface area (Å²) in [5, 5.41) is 0.891. The highest BCUT2D eigenvalue weighted by Crippen LogP contribution is 2.21. The molecule has 5 nitrogen and oxygen atoms in total. The number of halogens is 2. The molecule has 1 atom stereocenters. The van der Waals surface area contributed by atoms with Crippen LogP contribution >= 0.6 is 27.5 Å². The minimum Gasteiger partial charge on any atom is -0.374 e. The van der Waals surface area contributed by atoms with E-state index < -0.39 is 0 Å². The second kappa shape index (κ2) is 5.16. The van der Waals surface area contributed by atoms with Crippen LogP contribution in [0.4, 0.5) is 5.82 Å². The van der Waals surface area contributed by atoms with Crippen molar-refractivity contribution in [2.45, 2.75) is 6.10 Å². The van der Waals surface area contributed by atoms with E-state index in [1.807, 2.05) is 4.90 Å². The van der Waals surface area contributed by atoms with Crippen LogP contribution in [0.25, 0.3) is 0 Å². The van der Waals surface area contributed by atoms with Crippen molar-refractivity contribution in [1.82, 2.24) is 9.97 Å². The lowest BCUT2D eigenvalue weighted by Gasteiger charge is -2.33. The molecule has 2 heterocycles. The maximum absolute atomic E-state index is 11.3. The number of alkyl halides is 1. The number of morpholine rings is 1. The van der Waals surface area contributed by atoms with Crippen LogP contribution in [0.2, 0.25) is 5.02 Å². The van der Waals surface area contributed by atoms with Gasteiger partial charge >= 0.3 is 0 Å². The fourth-order valence-corrected chi connectivity index (χ4v) is 2.21. The van der Waals surface area contributed by atoms with Crippen molar-refractivity contribution in [1.29, 1.82) is 0 Å². The molecule has 0 bridgehead atoms. The minimum absolute atomic E-state index is 0.103. The van der Waals surface area contributed by atoms with Gasteiger partial charge in [0.25, 0.3) is 5.56 Å². The first-order valence-electron chi connectivity index (χ1n) is 4.88. The lowest BCUT2D eigenvalue weighted by Crippen LogP contribution is -2.44. The molecule has 1 aromatic heterocycles. The molecule has 0 amide bonds. The van der Waals surface area contributed by atoms with Gasteiger partial charge in [0, 0.05) is 18.4 Å². The first-order valence-corrected chi connectivity index (χ1v) is 6.38. The molecule has 88 valence electrons. The van der Waals surface area contributed by atoms with Crippen LogP contribution in [0, 0.1) is 0 Å². The van der Waals surface area contributed by atoms with Crippen LogP contribution in [-0.4, -0.2) is 41.1 Å². The molecule has 1 aliphatic rings. The minimum atomic E-state index is -0.312. The third-order valence-electron chi connectivity index (χ3n) is 2.39. The molecule has 0 saturated carbocycles. The number of hydrogen-bond acceptors (Lipinski definition) is 4. The Morgan fingerprint density at radius 2 is 2.56 bits per heavy atom. The van der Waals surface area contributed by atoms with Gasteiger partial charge in [0.15, 0.2) is 5.82 Å². The molecule has 1 aromatic rings. The van der Waals surface area contributed by atoms with Gasteiger partial charge in [-0.05, 0) is 0 Å². The summed E-state index contributed by atoms with van der Waals surface area (Å²) < 4.78 is 5.50. The van der Waals surface area contributed by atoms with Crippen molar-refractivity contribution >= 4 is 33.3 Å². The molecule has 0 aromatic carbocycles. The van der Waals surface area contributed by atoms with Crippen molar-refractivity contribution in [3.05, 3.63) is 21.7 Å². The second-order valence-corrected chi connectivity index (χ2v) is 4.49. The summed E-state index contributed by atoms with van der Waals surface area (Å²) >= 11 is 9.29. The average molecular weight is 309 g/mol. The molecular weight excluding hydrogens is 297 g/mol. The Bertz CT molecular complexity index is 425. The van der Waals surface area contributed by atoms with Crippen molar-refractivity contribution in [2.24, 2.45) is 0 Å². The summed E-state index contributed by atoms with van der Waals surface area (Å²) in [5.41, 5.74) is -0.312. The van der Waals surface area contributed by atoms with E-state index in [-0.39, 0.29) is 16.7 Å². The van der Waals surface area contributed by atoms with Crippen molar-refractivity contribution in [3.63, 3.8) is 0 Å². The smallest absolute Gasteiger partial charge is 0.271 e. The largest absolute Gasteiger partial charge is 0.374 e. The molecular formula is C9H11BrClN3O2. The van der Waals surface area contributed by atoms with E-state index in [2.05, 4.69) is 25.9 Å². The molecule has 1 aliphatic heterocycles. The molecule has 1 unspecified atom stereocenters. The van der Waals surface area contributed by atoms with Gasteiger partial charge < -0.3 is 14.6 Å². The first kappa shape index (κ1) is 11.9. The predicted octanol–water partition coefficient (Wildman–Crippen LogP) is 1.02. The summed E-state index contributed by atoms with van der Waals surface area (Å²) in [6.07, 6.45) is 1.47. The van der Waals surface area contributed by atoms with E-state index in [0.29, 0.717) is 25.5 Å². The van der Waals surface area contributed by atoms with Crippen molar-refractivity contribution < 1.29 is 4.74 Å². The van der Waals surface area contributed by atoms with Gasteiger partial charge in [0.2, 0.25) is 0 Å². The molecule has 0 spiro atoms. The number of hydrogen-bond donors (Lipinski definition) is 1.